The zero-order chi connectivity index (χ0) is 26.5. The van der Waals surface area contributed by atoms with E-state index in [1.165, 1.54) is 12.1 Å². The molecule has 0 radical (unpaired) electrons. The van der Waals surface area contributed by atoms with Gasteiger partial charge < -0.3 is 20.1 Å². The highest BCUT2D eigenvalue weighted by Gasteiger charge is 2.37. The van der Waals surface area contributed by atoms with Crippen LogP contribution in [-0.2, 0) is 30.5 Å². The Bertz CT molecular complexity index is 1250. The molecule has 1 amide bonds. The molecule has 2 atom stereocenters. The number of likely N-dealkylation sites (tertiary alicyclic amines) is 1. The van der Waals surface area contributed by atoms with Crippen LogP contribution < -0.4 is 20.1 Å². The van der Waals surface area contributed by atoms with Crippen LogP contribution in [0.4, 0.5) is 13.2 Å². The SMILES string of the molecule is O=C(NCCc1ccc2c(c1)OCO2)[C@@H]1C[C@@H](NCc2ccccc2C(F)(F)F)CN1Cc1ccccc1. The molecule has 0 bridgehead atoms. The van der Waals surface area contributed by atoms with Gasteiger partial charge in [0.05, 0.1) is 11.6 Å². The normalized spacial score (nSPS) is 19.0. The van der Waals surface area contributed by atoms with Gasteiger partial charge in [0.2, 0.25) is 12.7 Å². The Kier molecular flexibility index (Phi) is 7.85. The Hall–Kier alpha value is -3.56. The van der Waals surface area contributed by atoms with Gasteiger partial charge in [-0.3, -0.25) is 9.69 Å². The minimum atomic E-state index is -4.41. The van der Waals surface area contributed by atoms with Gasteiger partial charge in [-0.05, 0) is 47.7 Å². The van der Waals surface area contributed by atoms with Gasteiger partial charge in [-0.25, -0.2) is 0 Å². The van der Waals surface area contributed by atoms with Gasteiger partial charge in [0.25, 0.3) is 0 Å². The zero-order valence-corrected chi connectivity index (χ0v) is 20.8. The fraction of sp³-hybridized carbons (Fsp3) is 0.345. The van der Waals surface area contributed by atoms with Crippen molar-refractivity contribution in [3.8, 4) is 11.5 Å². The van der Waals surface area contributed by atoms with E-state index in [-0.39, 0.29) is 36.9 Å². The molecule has 0 spiro atoms. The third kappa shape index (κ3) is 6.28. The first kappa shape index (κ1) is 26.1. The molecule has 2 aliphatic heterocycles. The Balaban J connectivity index is 1.21. The summed E-state index contributed by atoms with van der Waals surface area (Å²) in [7, 11) is 0. The first-order chi connectivity index (χ1) is 18.4. The summed E-state index contributed by atoms with van der Waals surface area (Å²) in [6.07, 6.45) is -3.26. The van der Waals surface area contributed by atoms with Crippen LogP contribution in [0.15, 0.2) is 72.8 Å². The molecular weight excluding hydrogens is 495 g/mol. The van der Waals surface area contributed by atoms with Gasteiger partial charge >= 0.3 is 6.18 Å². The largest absolute Gasteiger partial charge is 0.454 e. The Morgan fingerprint density at radius 1 is 0.947 bits per heavy atom. The number of amides is 1. The first-order valence-corrected chi connectivity index (χ1v) is 12.7. The molecule has 0 aliphatic carbocycles. The summed E-state index contributed by atoms with van der Waals surface area (Å²) in [5, 5.41) is 6.32. The van der Waals surface area contributed by atoms with Crippen LogP contribution in [0.25, 0.3) is 0 Å². The van der Waals surface area contributed by atoms with Crippen molar-refractivity contribution < 1.29 is 27.4 Å². The van der Waals surface area contributed by atoms with Crippen molar-refractivity contribution in [1.29, 1.82) is 0 Å². The lowest BCUT2D eigenvalue weighted by atomic mass is 10.1. The maximum atomic E-state index is 13.4. The molecule has 38 heavy (non-hydrogen) atoms. The number of rotatable bonds is 9. The number of carbonyl (C=O) groups is 1. The van der Waals surface area contributed by atoms with E-state index in [1.807, 2.05) is 48.5 Å². The van der Waals surface area contributed by atoms with Gasteiger partial charge in [0.1, 0.15) is 0 Å². The van der Waals surface area contributed by atoms with Crippen LogP contribution in [-0.4, -0.2) is 42.8 Å². The minimum Gasteiger partial charge on any atom is -0.454 e. The molecule has 6 nitrogen and oxygen atoms in total. The molecule has 2 heterocycles. The average Bonchev–Trinajstić information content (AvgIpc) is 3.54. The van der Waals surface area contributed by atoms with Crippen molar-refractivity contribution in [2.75, 3.05) is 19.9 Å². The minimum absolute atomic E-state index is 0.0813. The lowest BCUT2D eigenvalue weighted by Gasteiger charge is -2.23. The summed E-state index contributed by atoms with van der Waals surface area (Å²) < 4.78 is 51.0. The molecule has 200 valence electrons. The Labute approximate surface area is 219 Å². The second-order valence-corrected chi connectivity index (χ2v) is 9.63. The molecule has 0 unspecified atom stereocenters. The van der Waals surface area contributed by atoms with Crippen LogP contribution in [0.1, 0.15) is 28.7 Å². The van der Waals surface area contributed by atoms with E-state index in [4.69, 9.17) is 9.47 Å². The van der Waals surface area contributed by atoms with E-state index in [9.17, 15) is 18.0 Å². The number of alkyl halides is 3. The number of hydrogen-bond donors (Lipinski definition) is 2. The third-order valence-electron chi connectivity index (χ3n) is 6.99. The molecule has 3 aromatic rings. The van der Waals surface area contributed by atoms with E-state index in [0.29, 0.717) is 38.2 Å². The average molecular weight is 526 g/mol. The molecule has 0 saturated carbocycles. The van der Waals surface area contributed by atoms with Crippen molar-refractivity contribution in [2.24, 2.45) is 0 Å². The van der Waals surface area contributed by atoms with Crippen molar-refractivity contribution >= 4 is 5.91 Å². The summed E-state index contributed by atoms with van der Waals surface area (Å²) >= 11 is 0. The number of nitrogens with one attached hydrogen (secondary N) is 2. The number of ether oxygens (including phenoxy) is 2. The second kappa shape index (κ2) is 11.4. The topological polar surface area (TPSA) is 62.8 Å². The van der Waals surface area contributed by atoms with Gasteiger partial charge in [-0.1, -0.05) is 54.6 Å². The van der Waals surface area contributed by atoms with Crippen LogP contribution >= 0.6 is 0 Å². The monoisotopic (exact) mass is 525 g/mol. The van der Waals surface area contributed by atoms with Crippen molar-refractivity contribution in [3.05, 3.63) is 95.1 Å². The van der Waals surface area contributed by atoms with Crippen LogP contribution in [0.5, 0.6) is 11.5 Å². The number of carbonyl (C=O) groups excluding carboxylic acids is 1. The molecule has 9 heteroatoms. The highest BCUT2D eigenvalue weighted by molar-refractivity contribution is 5.82. The van der Waals surface area contributed by atoms with Crippen molar-refractivity contribution in [1.82, 2.24) is 15.5 Å². The second-order valence-electron chi connectivity index (χ2n) is 9.63. The van der Waals surface area contributed by atoms with Gasteiger partial charge in [0, 0.05) is 32.2 Å². The Morgan fingerprint density at radius 3 is 2.53 bits per heavy atom. The molecule has 1 fully saturated rings. The highest BCUT2D eigenvalue weighted by atomic mass is 19.4. The first-order valence-electron chi connectivity index (χ1n) is 12.7. The summed E-state index contributed by atoms with van der Waals surface area (Å²) in [6, 6.07) is 20.7. The number of fused-ring (bicyclic) bond motifs is 1. The predicted octanol–water partition coefficient (Wildman–Crippen LogP) is 4.53. The van der Waals surface area contributed by atoms with E-state index in [0.717, 1.165) is 22.9 Å². The molecule has 3 aromatic carbocycles. The number of halogens is 3. The number of nitrogens with zero attached hydrogens (tertiary/aromatic N) is 1. The zero-order valence-electron chi connectivity index (χ0n) is 20.8. The highest BCUT2D eigenvalue weighted by Crippen LogP contribution is 2.33. The molecule has 5 rings (SSSR count). The van der Waals surface area contributed by atoms with Gasteiger partial charge in [-0.15, -0.1) is 0 Å². The fourth-order valence-electron chi connectivity index (χ4n) is 5.07. The summed E-state index contributed by atoms with van der Waals surface area (Å²) in [5.74, 6) is 1.35. The fourth-order valence-corrected chi connectivity index (χ4v) is 5.07. The third-order valence-corrected chi connectivity index (χ3v) is 6.99. The van der Waals surface area contributed by atoms with Gasteiger partial charge in [0.15, 0.2) is 11.5 Å². The maximum absolute atomic E-state index is 13.4. The summed E-state index contributed by atoms with van der Waals surface area (Å²) in [5.41, 5.74) is 1.68. The lowest BCUT2D eigenvalue weighted by molar-refractivity contribution is -0.138. The maximum Gasteiger partial charge on any atom is 0.416 e. The number of hydrogen-bond acceptors (Lipinski definition) is 5. The molecule has 0 aromatic heterocycles. The van der Waals surface area contributed by atoms with Crippen molar-refractivity contribution in [3.63, 3.8) is 0 Å². The van der Waals surface area contributed by atoms with Gasteiger partial charge in [-0.2, -0.15) is 13.2 Å². The smallest absolute Gasteiger partial charge is 0.416 e. The summed E-state index contributed by atoms with van der Waals surface area (Å²) in [6.45, 7) is 1.90. The summed E-state index contributed by atoms with van der Waals surface area (Å²) in [4.78, 5) is 15.4. The van der Waals surface area contributed by atoms with E-state index in [1.54, 1.807) is 6.07 Å². The van der Waals surface area contributed by atoms with E-state index in [2.05, 4.69) is 15.5 Å². The quantitative estimate of drug-likeness (QED) is 0.430. The number of benzene rings is 3. The molecule has 1 saturated heterocycles. The van der Waals surface area contributed by atoms with Crippen LogP contribution in [0.2, 0.25) is 0 Å². The van der Waals surface area contributed by atoms with E-state index < -0.39 is 11.7 Å². The van der Waals surface area contributed by atoms with E-state index >= 15 is 0 Å². The van der Waals surface area contributed by atoms with Crippen LogP contribution in [0.3, 0.4) is 0 Å². The molecular formula is C29H30F3N3O3. The predicted molar refractivity (Wildman–Crippen MR) is 137 cm³/mol. The Morgan fingerprint density at radius 2 is 1.71 bits per heavy atom. The lowest BCUT2D eigenvalue weighted by Crippen LogP contribution is -2.43. The van der Waals surface area contributed by atoms with Crippen molar-refractivity contribution in [2.45, 2.75) is 44.2 Å². The standard InChI is InChI=1S/C29H30F3N3O3/c30-29(31,32)24-9-5-4-8-22(24)16-34-23-15-25(35(18-23)17-21-6-2-1-3-7-21)28(36)33-13-12-20-10-11-26-27(14-20)38-19-37-26/h1-11,14,23,25,34H,12-13,15-19H2,(H,33,36)/t23-,25+/m1/s1. The molecule has 2 aliphatic rings. The van der Waals surface area contributed by atoms with Crippen LogP contribution in [0, 0.1) is 0 Å². The molecule has 2 N–H and O–H groups in total.